The van der Waals surface area contributed by atoms with Crippen molar-refractivity contribution in [1.29, 1.82) is 10.5 Å². The highest BCUT2D eigenvalue weighted by Crippen LogP contribution is 2.30. The van der Waals surface area contributed by atoms with Crippen LogP contribution in [0.4, 0.5) is 10.5 Å². The second kappa shape index (κ2) is 10.9. The van der Waals surface area contributed by atoms with Crippen molar-refractivity contribution in [3.63, 3.8) is 0 Å². The number of methoxy groups -OCH3 is 1. The summed E-state index contributed by atoms with van der Waals surface area (Å²) in [5.41, 5.74) is 0.583. The van der Waals surface area contributed by atoms with Crippen LogP contribution in [0.15, 0.2) is 63.2 Å². The van der Waals surface area contributed by atoms with E-state index in [4.69, 9.17) is 10.00 Å². The number of aliphatic imine (C=N–C) groups is 1. The maximum absolute atomic E-state index is 12.7. The van der Waals surface area contributed by atoms with Crippen LogP contribution in [0.2, 0.25) is 0 Å². The lowest BCUT2D eigenvalue weighted by Crippen LogP contribution is -2.26. The average molecular weight is 474 g/mol. The molecule has 1 aromatic heterocycles. The average Bonchev–Trinajstić information content (AvgIpc) is 2.83. The topological polar surface area (TPSA) is 140 Å². The van der Waals surface area contributed by atoms with E-state index in [1.807, 2.05) is 17.5 Å². The number of pyridine rings is 1. The Morgan fingerprint density at radius 3 is 2.65 bits per heavy atom. The molecule has 0 atom stereocenters. The zero-order valence-corrected chi connectivity index (χ0v) is 19.1. The van der Waals surface area contributed by atoms with Crippen LogP contribution in [0.25, 0.3) is 0 Å². The molecule has 0 aliphatic rings. The standard InChI is InChI=1S/C24H19N5O4S/c1-15-18(11-25)22(30)29(13-16-6-4-3-5-7-16)23(31)19(15)12-27-24(32)28-20-9-8-17(34-14-26)10-21(20)33-2/h3-10,12,31H,13H2,1-2H3,(H,28,32). The minimum absolute atomic E-state index is 0.0394. The van der Waals surface area contributed by atoms with Crippen molar-refractivity contribution >= 4 is 29.7 Å². The number of thioether (sulfide) groups is 1. The first-order chi connectivity index (χ1) is 16.4. The SMILES string of the molecule is COc1cc(SC#N)ccc1NC(=O)N=Cc1c(C)c(C#N)c(=O)n(Cc2ccccc2)c1O. The predicted molar refractivity (Wildman–Crippen MR) is 128 cm³/mol. The number of hydrogen-bond donors (Lipinski definition) is 2. The molecule has 0 fully saturated rings. The Hall–Kier alpha value is -4.54. The molecule has 0 saturated carbocycles. The Bertz CT molecular complexity index is 1400. The van der Waals surface area contributed by atoms with Crippen LogP contribution >= 0.6 is 11.8 Å². The van der Waals surface area contributed by atoms with Crippen molar-refractivity contribution in [2.24, 2.45) is 4.99 Å². The molecule has 34 heavy (non-hydrogen) atoms. The number of nitriles is 2. The van der Waals surface area contributed by atoms with E-state index in [9.17, 15) is 20.0 Å². The van der Waals surface area contributed by atoms with Crippen molar-refractivity contribution in [3.8, 4) is 23.1 Å². The summed E-state index contributed by atoms with van der Waals surface area (Å²) in [6, 6.07) is 14.9. The number of rotatable bonds is 6. The van der Waals surface area contributed by atoms with Gasteiger partial charge in [-0.25, -0.2) is 9.79 Å². The molecule has 0 spiro atoms. The fraction of sp³-hybridized carbons (Fsp3) is 0.125. The van der Waals surface area contributed by atoms with Gasteiger partial charge in [0.25, 0.3) is 5.56 Å². The van der Waals surface area contributed by atoms with Gasteiger partial charge in [0.05, 0.1) is 24.9 Å². The highest BCUT2D eigenvalue weighted by Gasteiger charge is 2.18. The summed E-state index contributed by atoms with van der Waals surface area (Å²) >= 11 is 0.951. The number of carbonyl (C=O) groups is 1. The van der Waals surface area contributed by atoms with Crippen molar-refractivity contribution in [2.75, 3.05) is 12.4 Å². The summed E-state index contributed by atoms with van der Waals surface area (Å²) in [6.45, 7) is 1.54. The lowest BCUT2D eigenvalue weighted by Gasteiger charge is -2.14. The number of anilines is 1. The number of hydrogen-bond acceptors (Lipinski definition) is 7. The molecular weight excluding hydrogens is 454 g/mol. The predicted octanol–water partition coefficient (Wildman–Crippen LogP) is 4.02. The van der Waals surface area contributed by atoms with E-state index in [1.165, 1.54) is 14.0 Å². The number of aromatic hydroxyl groups is 1. The van der Waals surface area contributed by atoms with Crippen molar-refractivity contribution in [1.82, 2.24) is 4.57 Å². The molecule has 1 heterocycles. The van der Waals surface area contributed by atoms with Crippen molar-refractivity contribution in [2.45, 2.75) is 18.4 Å². The Kier molecular flexibility index (Phi) is 7.70. The van der Waals surface area contributed by atoms with Crippen LogP contribution in [0, 0.1) is 28.9 Å². The summed E-state index contributed by atoms with van der Waals surface area (Å²) in [7, 11) is 1.43. The van der Waals surface area contributed by atoms with Gasteiger partial charge in [-0.1, -0.05) is 30.3 Å². The maximum atomic E-state index is 12.7. The molecule has 0 unspecified atom stereocenters. The van der Waals surface area contributed by atoms with E-state index in [2.05, 4.69) is 10.3 Å². The zero-order valence-electron chi connectivity index (χ0n) is 18.3. The fourth-order valence-electron chi connectivity index (χ4n) is 3.20. The maximum Gasteiger partial charge on any atom is 0.345 e. The third-order valence-corrected chi connectivity index (χ3v) is 5.50. The summed E-state index contributed by atoms with van der Waals surface area (Å²) in [6.07, 6.45) is 1.11. The van der Waals surface area contributed by atoms with Gasteiger partial charge in [-0.2, -0.15) is 10.5 Å². The summed E-state index contributed by atoms with van der Waals surface area (Å²) in [4.78, 5) is 29.7. The first-order valence-corrected chi connectivity index (χ1v) is 10.7. The van der Waals surface area contributed by atoms with Crippen LogP contribution in [0.3, 0.4) is 0 Å². The number of ether oxygens (including phenoxy) is 1. The van der Waals surface area contributed by atoms with Gasteiger partial charge in [0.2, 0.25) is 5.88 Å². The number of benzene rings is 2. The fourth-order valence-corrected chi connectivity index (χ4v) is 3.61. The molecule has 170 valence electrons. The van der Waals surface area contributed by atoms with Crippen molar-refractivity contribution < 1.29 is 14.6 Å². The number of carbonyl (C=O) groups excluding carboxylic acids is 1. The summed E-state index contributed by atoms with van der Waals surface area (Å²) < 4.78 is 6.31. The van der Waals surface area contributed by atoms with Gasteiger partial charge in [0, 0.05) is 11.1 Å². The first kappa shape index (κ1) is 24.1. The number of urea groups is 1. The molecule has 2 aromatic carbocycles. The number of nitrogens with one attached hydrogen (secondary N) is 1. The molecule has 0 aliphatic heterocycles. The van der Waals surface area contributed by atoms with Gasteiger partial charge < -0.3 is 15.2 Å². The second-order valence-corrected chi connectivity index (χ2v) is 7.83. The summed E-state index contributed by atoms with van der Waals surface area (Å²) in [5.74, 6) is -0.0663. The van der Waals surface area contributed by atoms with Crippen LogP contribution in [0.5, 0.6) is 11.6 Å². The van der Waals surface area contributed by atoms with E-state index in [1.54, 1.807) is 42.5 Å². The van der Waals surface area contributed by atoms with Gasteiger partial charge in [-0.3, -0.25) is 9.36 Å². The Morgan fingerprint density at radius 2 is 2.00 bits per heavy atom. The van der Waals surface area contributed by atoms with Crippen LogP contribution in [0.1, 0.15) is 22.3 Å². The highest BCUT2D eigenvalue weighted by atomic mass is 32.2. The molecule has 0 aliphatic carbocycles. The first-order valence-electron chi connectivity index (χ1n) is 9.89. The number of thiocyanates is 1. The molecule has 10 heteroatoms. The number of aromatic nitrogens is 1. The smallest absolute Gasteiger partial charge is 0.345 e. The summed E-state index contributed by atoms with van der Waals surface area (Å²) in [5, 5.41) is 33.6. The van der Waals surface area contributed by atoms with Gasteiger partial charge in [-0.05, 0) is 48.0 Å². The highest BCUT2D eigenvalue weighted by molar-refractivity contribution is 8.03. The number of amides is 2. The molecule has 2 N–H and O–H groups in total. The lowest BCUT2D eigenvalue weighted by molar-refractivity contribution is 0.259. The van der Waals surface area contributed by atoms with E-state index in [-0.39, 0.29) is 23.2 Å². The molecule has 0 bridgehead atoms. The van der Waals surface area contributed by atoms with Gasteiger partial charge >= 0.3 is 6.03 Å². The normalized spacial score (nSPS) is 10.5. The second-order valence-electron chi connectivity index (χ2n) is 6.97. The van der Waals surface area contributed by atoms with E-state index >= 15 is 0 Å². The van der Waals surface area contributed by atoms with E-state index in [0.717, 1.165) is 28.1 Å². The van der Waals surface area contributed by atoms with E-state index < -0.39 is 17.5 Å². The molecule has 3 rings (SSSR count). The van der Waals surface area contributed by atoms with Crippen LogP contribution in [-0.2, 0) is 6.54 Å². The molecule has 0 saturated heterocycles. The third kappa shape index (κ3) is 5.26. The third-order valence-electron chi connectivity index (χ3n) is 4.92. The molecule has 0 radical (unpaired) electrons. The molecular formula is C24H19N5O4S. The zero-order chi connectivity index (χ0) is 24.7. The van der Waals surface area contributed by atoms with Crippen LogP contribution in [-0.4, -0.2) is 29.0 Å². The Balaban J connectivity index is 1.93. The monoisotopic (exact) mass is 473 g/mol. The van der Waals surface area contributed by atoms with Gasteiger partial charge in [-0.15, -0.1) is 0 Å². The van der Waals surface area contributed by atoms with Gasteiger partial charge in [0.1, 0.15) is 22.8 Å². The number of nitrogens with zero attached hydrogens (tertiary/aromatic N) is 4. The Labute approximate surface area is 199 Å². The largest absolute Gasteiger partial charge is 0.495 e. The van der Waals surface area contributed by atoms with E-state index in [0.29, 0.717) is 16.3 Å². The minimum atomic E-state index is -0.767. The van der Waals surface area contributed by atoms with Crippen molar-refractivity contribution in [3.05, 3.63) is 81.1 Å². The minimum Gasteiger partial charge on any atom is -0.495 e. The molecule has 9 nitrogen and oxygen atoms in total. The van der Waals surface area contributed by atoms with Gasteiger partial charge in [0.15, 0.2) is 0 Å². The molecule has 3 aromatic rings. The van der Waals surface area contributed by atoms with Crippen LogP contribution < -0.4 is 15.6 Å². The molecule has 2 amide bonds. The lowest BCUT2D eigenvalue weighted by atomic mass is 10.1. The Morgan fingerprint density at radius 1 is 1.26 bits per heavy atom. The quantitative estimate of drug-likeness (QED) is 0.313.